The van der Waals surface area contributed by atoms with Gasteiger partial charge in [-0.1, -0.05) is 100 Å². The first kappa shape index (κ1) is 82.6. The van der Waals surface area contributed by atoms with Crippen LogP contribution in [0.4, 0.5) is 0 Å². The first-order valence-corrected chi connectivity index (χ1v) is 24.1. The van der Waals surface area contributed by atoms with E-state index in [4.69, 9.17) is 19.3 Å². The molecular weight excluding hydrogens is 917 g/mol. The van der Waals surface area contributed by atoms with E-state index >= 15 is 0 Å². The van der Waals surface area contributed by atoms with Crippen molar-refractivity contribution in [2.45, 2.75) is 227 Å². The number of aliphatic hydroxyl groups excluding tert-OH is 3. The molecule has 3 N–H and O–H groups in total. The van der Waals surface area contributed by atoms with Gasteiger partial charge in [-0.3, -0.25) is 38.4 Å². The summed E-state index contributed by atoms with van der Waals surface area (Å²) in [6.45, 7) is 36.7. The van der Waals surface area contributed by atoms with Gasteiger partial charge in [-0.05, 0) is 58.3 Å². The third-order valence-corrected chi connectivity index (χ3v) is 6.89. The lowest BCUT2D eigenvalue weighted by atomic mass is 9.99. The Morgan fingerprint density at radius 2 is 0.814 bits per heavy atom. The Balaban J connectivity index is -0.000000107. The summed E-state index contributed by atoms with van der Waals surface area (Å²) in [6, 6.07) is 0. The van der Waals surface area contributed by atoms with Gasteiger partial charge < -0.3 is 53.2 Å². The van der Waals surface area contributed by atoms with E-state index < -0.39 is 24.3 Å². The predicted octanol–water partition coefficient (Wildman–Crippen LogP) is 8.59. The molecule has 0 heterocycles. The van der Waals surface area contributed by atoms with Crippen molar-refractivity contribution in [3.63, 3.8) is 0 Å². The van der Waals surface area contributed by atoms with E-state index in [0.29, 0.717) is 45.4 Å². The molecule has 19 heteroatoms. The Kier molecular flexibility index (Phi) is 67.5. The van der Waals surface area contributed by atoms with Crippen LogP contribution in [0.25, 0.3) is 0 Å². The summed E-state index contributed by atoms with van der Waals surface area (Å²) in [5, 5.41) is 27.5. The molecule has 0 amide bonds. The summed E-state index contributed by atoms with van der Waals surface area (Å²) in [7, 11) is 1.35. The highest BCUT2D eigenvalue weighted by Gasteiger charge is 2.24. The molecule has 0 aromatic heterocycles. The van der Waals surface area contributed by atoms with Gasteiger partial charge in [0.05, 0.1) is 46.2 Å². The van der Waals surface area contributed by atoms with Crippen molar-refractivity contribution >= 4 is 47.8 Å². The van der Waals surface area contributed by atoms with Crippen molar-refractivity contribution in [2.75, 3.05) is 46.8 Å². The van der Waals surface area contributed by atoms with E-state index in [2.05, 4.69) is 30.6 Å². The molecule has 420 valence electrons. The molecule has 19 nitrogen and oxygen atoms in total. The van der Waals surface area contributed by atoms with Gasteiger partial charge in [-0.15, -0.1) is 0 Å². The maximum absolute atomic E-state index is 10.4. The minimum absolute atomic E-state index is 0.0890. The number of hydrogen-bond acceptors (Lipinski definition) is 19. The van der Waals surface area contributed by atoms with Crippen LogP contribution in [-0.2, 0) is 76.3 Å². The molecule has 0 saturated heterocycles. The van der Waals surface area contributed by atoms with Crippen molar-refractivity contribution in [3.05, 3.63) is 0 Å². The SMILES string of the molecule is CC(=O)OC(C)(C)C.CC(=O)OCC(C)(C)C.CC(=O)OCC(C)C.CCC(O)C(O)C(O)COC(C)=O.CCCCCCCCCCOC(C)=O.CCCOC(C)=O.CCOC(C)=O.COC(C)=O. The Morgan fingerprint density at radius 3 is 1.03 bits per heavy atom. The summed E-state index contributed by atoms with van der Waals surface area (Å²) >= 11 is 0. The summed E-state index contributed by atoms with van der Waals surface area (Å²) in [5.41, 5.74) is -0.239. The zero-order valence-electron chi connectivity index (χ0n) is 47.5. The highest BCUT2D eigenvalue weighted by molar-refractivity contribution is 5.67. The Morgan fingerprint density at radius 1 is 0.443 bits per heavy atom. The monoisotopic (exact) mass is 1020 g/mol. The lowest BCUT2D eigenvalue weighted by Crippen LogP contribution is -2.40. The van der Waals surface area contributed by atoms with E-state index in [9.17, 15) is 48.6 Å². The summed E-state index contributed by atoms with van der Waals surface area (Å²) in [6.07, 6.45) is 7.98. The van der Waals surface area contributed by atoms with Gasteiger partial charge in [-0.25, -0.2) is 0 Å². The summed E-state index contributed by atoms with van der Waals surface area (Å²) in [4.78, 5) is 80.8. The number of hydrogen-bond donors (Lipinski definition) is 3. The molecule has 0 aliphatic rings. The zero-order valence-corrected chi connectivity index (χ0v) is 47.5. The van der Waals surface area contributed by atoms with Crippen LogP contribution in [0.15, 0.2) is 0 Å². The van der Waals surface area contributed by atoms with Crippen LogP contribution in [0.3, 0.4) is 0 Å². The number of methoxy groups -OCH3 is 1. The predicted molar refractivity (Wildman–Crippen MR) is 270 cm³/mol. The molecule has 3 unspecified atom stereocenters. The van der Waals surface area contributed by atoms with Crippen molar-refractivity contribution in [2.24, 2.45) is 11.3 Å². The van der Waals surface area contributed by atoms with Crippen LogP contribution >= 0.6 is 0 Å². The van der Waals surface area contributed by atoms with Gasteiger partial charge in [0, 0.05) is 55.4 Å². The van der Waals surface area contributed by atoms with Crippen LogP contribution in [0.2, 0.25) is 0 Å². The Hall–Kier alpha value is -4.36. The van der Waals surface area contributed by atoms with E-state index in [1.165, 1.54) is 107 Å². The minimum Gasteiger partial charge on any atom is -0.469 e. The highest BCUT2D eigenvalue weighted by atomic mass is 16.6. The number of esters is 8. The van der Waals surface area contributed by atoms with Crippen molar-refractivity contribution < 1.29 is 91.6 Å². The zero-order chi connectivity index (χ0) is 56.9. The van der Waals surface area contributed by atoms with Crippen LogP contribution in [-0.4, -0.2) is 134 Å². The molecule has 0 aliphatic heterocycles. The topological polar surface area (TPSA) is 271 Å². The fraction of sp³-hybridized carbons (Fsp3) is 0.843. The molecule has 0 aromatic carbocycles. The average Bonchev–Trinajstić information content (AvgIpc) is 3.22. The standard InChI is InChI=1S/C12H24O2.C8H16O5.C7H14O2.2C6H12O2.C5H10O2.C4H8O2.C3H6O2/c1-3-4-5-6-7-8-9-10-11-14-12(2)13;1-3-6(10)8(12)7(11)4-13-5(2)9;1-6(8)9-5-7(2,3)4;1-5(7)8-6(2,3)4;1-5(2)4-8-6(3)7;1-3-4-7-5(2)6;1-3-6-4(2)5;1-3(4)5-2/h3-11H2,1-2H3;6-8,10-12H,3-4H2,1-2H3;5H2,1-4H3;1-4H3;5H,4H2,1-3H3;3-4H2,1-2H3;3H2,1-2H3;1-2H3. The maximum Gasteiger partial charge on any atom is 0.303 e. The molecule has 0 spiro atoms. The molecule has 0 aliphatic carbocycles. The third kappa shape index (κ3) is 115. The fourth-order valence-corrected chi connectivity index (χ4v) is 3.73. The lowest BCUT2D eigenvalue weighted by Gasteiger charge is -2.21. The minimum atomic E-state index is -1.27. The van der Waals surface area contributed by atoms with E-state index in [0.717, 1.165) is 12.8 Å². The smallest absolute Gasteiger partial charge is 0.303 e. The molecule has 0 fully saturated rings. The molecule has 0 bridgehead atoms. The molecule has 0 rings (SSSR count). The van der Waals surface area contributed by atoms with Gasteiger partial charge in [0.1, 0.15) is 24.4 Å². The van der Waals surface area contributed by atoms with Crippen molar-refractivity contribution in [1.82, 2.24) is 0 Å². The second-order valence-corrected chi connectivity index (χ2v) is 17.9. The first-order chi connectivity index (χ1) is 32.0. The molecule has 0 radical (unpaired) electrons. The molecular formula is C51H102O19. The molecule has 0 saturated carbocycles. The maximum atomic E-state index is 10.4. The Bertz CT molecular complexity index is 1270. The van der Waals surface area contributed by atoms with Gasteiger partial charge in [0.15, 0.2) is 0 Å². The van der Waals surface area contributed by atoms with Gasteiger partial charge in [-0.2, -0.15) is 0 Å². The van der Waals surface area contributed by atoms with Crippen LogP contribution < -0.4 is 0 Å². The highest BCUT2D eigenvalue weighted by Crippen LogP contribution is 2.12. The number of aliphatic hydroxyl groups is 3. The number of carbonyl (C=O) groups excluding carboxylic acids is 8. The second kappa shape index (κ2) is 57.2. The van der Waals surface area contributed by atoms with Gasteiger partial charge >= 0.3 is 47.8 Å². The van der Waals surface area contributed by atoms with Crippen molar-refractivity contribution in [3.8, 4) is 0 Å². The number of carbonyl (C=O) groups is 8. The average molecular weight is 1020 g/mol. The van der Waals surface area contributed by atoms with Crippen molar-refractivity contribution in [1.29, 1.82) is 0 Å². The summed E-state index contributed by atoms with van der Waals surface area (Å²) < 4.78 is 36.6. The number of ether oxygens (including phenoxy) is 8. The second-order valence-electron chi connectivity index (χ2n) is 17.9. The van der Waals surface area contributed by atoms with E-state index in [1.54, 1.807) is 13.8 Å². The lowest BCUT2D eigenvalue weighted by molar-refractivity contribution is -0.152. The number of unbranched alkanes of at least 4 members (excludes halogenated alkanes) is 7. The van der Waals surface area contributed by atoms with E-state index in [1.807, 2.05) is 62.3 Å². The van der Waals surface area contributed by atoms with Gasteiger partial charge in [0.2, 0.25) is 0 Å². The summed E-state index contributed by atoms with van der Waals surface area (Å²) in [5.74, 6) is -1.52. The Labute approximate surface area is 423 Å². The normalized spacial score (nSPS) is 11.0. The van der Waals surface area contributed by atoms with Crippen LogP contribution in [0, 0.1) is 11.3 Å². The van der Waals surface area contributed by atoms with Gasteiger partial charge in [0.25, 0.3) is 0 Å². The number of rotatable bonds is 20. The first-order valence-electron chi connectivity index (χ1n) is 24.1. The van der Waals surface area contributed by atoms with E-state index in [-0.39, 0.29) is 59.4 Å². The molecule has 70 heavy (non-hydrogen) atoms. The quantitative estimate of drug-likeness (QED) is 0.0585. The molecule has 3 atom stereocenters. The third-order valence-electron chi connectivity index (χ3n) is 6.89. The van der Waals surface area contributed by atoms with Crippen LogP contribution in [0.1, 0.15) is 203 Å². The fourth-order valence-electron chi connectivity index (χ4n) is 3.73. The molecule has 0 aromatic rings. The van der Waals surface area contributed by atoms with Crippen LogP contribution in [0.5, 0.6) is 0 Å². The largest absolute Gasteiger partial charge is 0.469 e.